The molecule has 0 bridgehead atoms. The lowest BCUT2D eigenvalue weighted by Gasteiger charge is -2.33. The standard InChI is InChI=1S/C19H34N4O2S/c1-19(2,3)25-18(24)23-10-8-14(9-11-23)12-16-15(13-21(5)6)22(7)17(20-4)26-16/h14H,8-13H2,1-7H3. The first-order chi connectivity index (χ1) is 12.1. The predicted molar refractivity (Wildman–Crippen MR) is 106 cm³/mol. The van der Waals surface area contributed by atoms with Gasteiger partial charge in [-0.1, -0.05) is 0 Å². The van der Waals surface area contributed by atoms with Crippen molar-refractivity contribution in [2.45, 2.75) is 52.2 Å². The van der Waals surface area contributed by atoms with Crippen LogP contribution in [0.3, 0.4) is 0 Å². The van der Waals surface area contributed by atoms with Crippen molar-refractivity contribution in [1.29, 1.82) is 0 Å². The summed E-state index contributed by atoms with van der Waals surface area (Å²) < 4.78 is 7.71. The van der Waals surface area contributed by atoms with Crippen LogP contribution in [-0.4, -0.2) is 60.3 Å². The first-order valence-electron chi connectivity index (χ1n) is 9.33. The Morgan fingerprint density at radius 2 is 1.92 bits per heavy atom. The maximum atomic E-state index is 12.2. The molecule has 2 rings (SSSR count). The van der Waals surface area contributed by atoms with Crippen LogP contribution in [0.1, 0.15) is 44.2 Å². The van der Waals surface area contributed by atoms with E-state index < -0.39 is 5.60 Å². The number of rotatable bonds is 4. The zero-order chi connectivity index (χ0) is 19.5. The van der Waals surface area contributed by atoms with Crippen LogP contribution in [0.5, 0.6) is 0 Å². The smallest absolute Gasteiger partial charge is 0.410 e. The van der Waals surface area contributed by atoms with Gasteiger partial charge in [-0.2, -0.15) is 0 Å². The summed E-state index contributed by atoms with van der Waals surface area (Å²) in [6.07, 6.45) is 2.94. The molecule has 1 aromatic rings. The van der Waals surface area contributed by atoms with Gasteiger partial charge >= 0.3 is 6.09 Å². The molecule has 0 spiro atoms. The van der Waals surface area contributed by atoms with Crippen LogP contribution in [0.25, 0.3) is 0 Å². The van der Waals surface area contributed by atoms with Gasteiger partial charge in [-0.25, -0.2) is 4.79 Å². The SMILES string of the molecule is CN=c1sc(CC2CCN(C(=O)OC(C)(C)C)CC2)c(CN(C)C)n1C. The number of carbonyl (C=O) groups excluding carboxylic acids is 1. The van der Waals surface area contributed by atoms with Gasteiger partial charge in [0.25, 0.3) is 0 Å². The van der Waals surface area contributed by atoms with E-state index in [4.69, 9.17) is 4.74 Å². The number of likely N-dealkylation sites (tertiary alicyclic amines) is 1. The Bertz CT molecular complexity index is 677. The predicted octanol–water partition coefficient (Wildman–Crippen LogP) is 2.87. The van der Waals surface area contributed by atoms with Crippen LogP contribution in [0.15, 0.2) is 4.99 Å². The normalized spacial score (nSPS) is 17.2. The second kappa shape index (κ2) is 8.57. The Kier molecular flexibility index (Phi) is 6.91. The monoisotopic (exact) mass is 382 g/mol. The highest BCUT2D eigenvalue weighted by molar-refractivity contribution is 7.09. The molecule has 26 heavy (non-hydrogen) atoms. The van der Waals surface area contributed by atoms with Gasteiger partial charge in [0.1, 0.15) is 5.60 Å². The summed E-state index contributed by atoms with van der Waals surface area (Å²) in [5, 5.41) is 0. The third-order valence-corrected chi connectivity index (χ3v) is 5.91. The zero-order valence-electron chi connectivity index (χ0n) is 17.3. The molecule has 0 radical (unpaired) electrons. The fraction of sp³-hybridized carbons (Fsp3) is 0.789. The van der Waals surface area contributed by atoms with E-state index in [1.807, 2.05) is 32.7 Å². The van der Waals surface area contributed by atoms with E-state index in [0.29, 0.717) is 5.92 Å². The molecule has 0 unspecified atom stereocenters. The fourth-order valence-electron chi connectivity index (χ4n) is 3.30. The Balaban J connectivity index is 2.00. The van der Waals surface area contributed by atoms with E-state index in [1.165, 1.54) is 10.6 Å². The van der Waals surface area contributed by atoms with Gasteiger partial charge in [0.2, 0.25) is 0 Å². The van der Waals surface area contributed by atoms with Gasteiger partial charge in [-0.15, -0.1) is 11.3 Å². The van der Waals surface area contributed by atoms with Crippen molar-refractivity contribution >= 4 is 17.4 Å². The molecular formula is C19H34N4O2S. The molecule has 0 saturated carbocycles. The molecule has 0 N–H and O–H groups in total. The summed E-state index contributed by atoms with van der Waals surface area (Å²) >= 11 is 1.80. The lowest BCUT2D eigenvalue weighted by atomic mass is 9.92. The topological polar surface area (TPSA) is 50.1 Å². The average molecular weight is 383 g/mol. The fourth-order valence-corrected chi connectivity index (χ4v) is 4.49. The maximum absolute atomic E-state index is 12.2. The summed E-state index contributed by atoms with van der Waals surface area (Å²) in [7, 11) is 8.16. The highest BCUT2D eigenvalue weighted by atomic mass is 32.1. The van der Waals surface area contributed by atoms with Crippen LogP contribution in [-0.2, 0) is 24.8 Å². The molecule has 1 aliphatic heterocycles. The van der Waals surface area contributed by atoms with Crippen molar-refractivity contribution < 1.29 is 9.53 Å². The molecule has 0 aromatic carbocycles. The van der Waals surface area contributed by atoms with Crippen molar-refractivity contribution in [3.05, 3.63) is 15.4 Å². The van der Waals surface area contributed by atoms with Crippen molar-refractivity contribution in [3.8, 4) is 0 Å². The maximum Gasteiger partial charge on any atom is 0.410 e. The summed E-state index contributed by atoms with van der Waals surface area (Å²) in [6.45, 7) is 8.23. The molecule has 1 fully saturated rings. The number of hydrogen-bond acceptors (Lipinski definition) is 5. The summed E-state index contributed by atoms with van der Waals surface area (Å²) in [6, 6.07) is 0. The lowest BCUT2D eigenvalue weighted by Crippen LogP contribution is -2.42. The van der Waals surface area contributed by atoms with Crippen LogP contribution in [0.2, 0.25) is 0 Å². The van der Waals surface area contributed by atoms with Crippen LogP contribution >= 0.6 is 11.3 Å². The van der Waals surface area contributed by atoms with Crippen molar-refractivity contribution in [2.75, 3.05) is 34.2 Å². The number of amides is 1. The highest BCUT2D eigenvalue weighted by Gasteiger charge is 2.27. The average Bonchev–Trinajstić information content (AvgIpc) is 2.82. The minimum atomic E-state index is -0.430. The van der Waals surface area contributed by atoms with Crippen molar-refractivity contribution in [3.63, 3.8) is 0 Å². The minimum absolute atomic E-state index is 0.182. The number of aromatic nitrogens is 1. The number of ether oxygens (including phenoxy) is 1. The molecule has 1 saturated heterocycles. The molecule has 0 atom stereocenters. The molecule has 1 amide bonds. The van der Waals surface area contributed by atoms with E-state index in [1.54, 1.807) is 11.3 Å². The van der Waals surface area contributed by atoms with Gasteiger partial charge < -0.3 is 19.1 Å². The largest absolute Gasteiger partial charge is 0.444 e. The van der Waals surface area contributed by atoms with Gasteiger partial charge in [0, 0.05) is 44.3 Å². The first kappa shape index (κ1) is 21.0. The summed E-state index contributed by atoms with van der Waals surface area (Å²) in [5.41, 5.74) is 0.927. The Morgan fingerprint density at radius 3 is 2.42 bits per heavy atom. The lowest BCUT2D eigenvalue weighted by molar-refractivity contribution is 0.0184. The molecule has 6 nitrogen and oxygen atoms in total. The van der Waals surface area contributed by atoms with E-state index in [2.05, 4.69) is 35.6 Å². The molecule has 148 valence electrons. The molecule has 1 aliphatic rings. The summed E-state index contributed by atoms with van der Waals surface area (Å²) in [5.74, 6) is 0.609. The second-order valence-corrected chi connectivity index (χ2v) is 9.45. The number of thiazole rings is 1. The Morgan fingerprint density at radius 1 is 1.31 bits per heavy atom. The van der Waals surface area contributed by atoms with Gasteiger partial charge in [0.05, 0.1) is 0 Å². The Hall–Kier alpha value is -1.34. The van der Waals surface area contributed by atoms with E-state index in [0.717, 1.165) is 43.7 Å². The first-order valence-corrected chi connectivity index (χ1v) is 10.2. The third-order valence-electron chi connectivity index (χ3n) is 4.63. The minimum Gasteiger partial charge on any atom is -0.444 e. The Labute approximate surface area is 161 Å². The number of carbonyl (C=O) groups is 1. The van der Waals surface area contributed by atoms with E-state index in [9.17, 15) is 4.79 Å². The number of nitrogens with zero attached hydrogens (tertiary/aromatic N) is 4. The van der Waals surface area contributed by atoms with Crippen LogP contribution in [0.4, 0.5) is 4.79 Å². The van der Waals surface area contributed by atoms with Crippen LogP contribution in [0, 0.1) is 5.92 Å². The van der Waals surface area contributed by atoms with E-state index >= 15 is 0 Å². The molecular weight excluding hydrogens is 348 g/mol. The zero-order valence-corrected chi connectivity index (χ0v) is 18.2. The van der Waals surface area contributed by atoms with E-state index in [-0.39, 0.29) is 6.09 Å². The van der Waals surface area contributed by atoms with Gasteiger partial charge in [-0.05, 0) is 60.0 Å². The highest BCUT2D eigenvalue weighted by Crippen LogP contribution is 2.26. The summed E-state index contributed by atoms with van der Waals surface area (Å²) in [4.78, 5) is 23.2. The van der Waals surface area contributed by atoms with Crippen molar-refractivity contribution in [2.24, 2.45) is 18.0 Å². The van der Waals surface area contributed by atoms with Gasteiger partial charge in [-0.3, -0.25) is 4.99 Å². The second-order valence-electron chi connectivity index (χ2n) is 8.39. The molecule has 2 heterocycles. The van der Waals surface area contributed by atoms with Gasteiger partial charge in [0.15, 0.2) is 4.80 Å². The molecule has 1 aromatic heterocycles. The number of piperidine rings is 1. The third kappa shape index (κ3) is 5.58. The number of hydrogen-bond donors (Lipinski definition) is 0. The quantitative estimate of drug-likeness (QED) is 0.805. The van der Waals surface area contributed by atoms with Crippen LogP contribution < -0.4 is 4.80 Å². The molecule has 7 heteroatoms. The van der Waals surface area contributed by atoms with Crippen molar-refractivity contribution in [1.82, 2.24) is 14.4 Å². The molecule has 0 aliphatic carbocycles.